The third kappa shape index (κ3) is 4.80. The lowest BCUT2D eigenvalue weighted by molar-refractivity contribution is -0.0855. The van der Waals surface area contributed by atoms with Crippen molar-refractivity contribution in [1.29, 1.82) is 0 Å². The second-order valence-corrected chi connectivity index (χ2v) is 7.17. The van der Waals surface area contributed by atoms with Gasteiger partial charge in [0, 0.05) is 22.1 Å². The highest BCUT2D eigenvalue weighted by molar-refractivity contribution is 9.10. The van der Waals surface area contributed by atoms with Gasteiger partial charge in [-0.1, -0.05) is 27.7 Å². The molecule has 1 N–H and O–H groups in total. The molecule has 2 heterocycles. The van der Waals surface area contributed by atoms with Crippen LogP contribution in [0.4, 0.5) is 0 Å². The third-order valence-corrected chi connectivity index (χ3v) is 4.97. The lowest BCUT2D eigenvalue weighted by atomic mass is 10.2. The second-order valence-electron chi connectivity index (χ2n) is 5.19. The average molecular weight is 409 g/mol. The van der Waals surface area contributed by atoms with Crippen molar-refractivity contribution in [2.24, 2.45) is 0 Å². The van der Waals surface area contributed by atoms with Crippen LogP contribution in [0, 0.1) is 0 Å². The first-order valence-corrected chi connectivity index (χ1v) is 9.19. The van der Waals surface area contributed by atoms with Crippen LogP contribution >= 0.6 is 27.7 Å². The molecule has 0 radical (unpaired) electrons. The van der Waals surface area contributed by atoms with Gasteiger partial charge in [-0.25, -0.2) is 4.98 Å². The van der Waals surface area contributed by atoms with E-state index in [1.165, 1.54) is 11.8 Å². The molecule has 0 spiro atoms. The number of aromatic nitrogens is 1. The van der Waals surface area contributed by atoms with Crippen LogP contribution in [-0.2, 0) is 9.47 Å². The molecule has 3 rings (SSSR count). The summed E-state index contributed by atoms with van der Waals surface area (Å²) in [5, 5.41) is 3.58. The lowest BCUT2D eigenvalue weighted by Crippen LogP contribution is -2.39. The Bertz CT molecular complexity index is 690. The summed E-state index contributed by atoms with van der Waals surface area (Å²) in [6.07, 6.45) is 1.60. The molecule has 1 amide bonds. The van der Waals surface area contributed by atoms with Crippen molar-refractivity contribution in [2.75, 3.05) is 26.4 Å². The van der Waals surface area contributed by atoms with Crippen LogP contribution in [0.25, 0.3) is 0 Å². The number of rotatable bonds is 5. The van der Waals surface area contributed by atoms with Crippen LogP contribution in [0.1, 0.15) is 10.4 Å². The van der Waals surface area contributed by atoms with Gasteiger partial charge in [0.2, 0.25) is 0 Å². The maximum absolute atomic E-state index is 12.5. The molecule has 2 aromatic rings. The Kier molecular flexibility index (Phi) is 6.25. The first-order valence-electron chi connectivity index (χ1n) is 7.58. The fourth-order valence-corrected chi connectivity index (χ4v) is 3.36. The predicted molar refractivity (Wildman–Crippen MR) is 95.4 cm³/mol. The van der Waals surface area contributed by atoms with Gasteiger partial charge in [0.15, 0.2) is 0 Å². The summed E-state index contributed by atoms with van der Waals surface area (Å²) in [5.74, 6) is -0.156. The molecule has 0 aliphatic carbocycles. The van der Waals surface area contributed by atoms with Crippen molar-refractivity contribution in [2.45, 2.75) is 16.0 Å². The zero-order valence-corrected chi connectivity index (χ0v) is 15.3. The molecule has 1 aliphatic rings. The quantitative estimate of drug-likeness (QED) is 0.823. The molecule has 0 bridgehead atoms. The highest BCUT2D eigenvalue weighted by atomic mass is 79.9. The normalized spacial score (nSPS) is 17.5. The predicted octanol–water partition coefficient (Wildman–Crippen LogP) is 3.14. The zero-order chi connectivity index (χ0) is 16.8. The zero-order valence-electron chi connectivity index (χ0n) is 12.9. The number of ether oxygens (including phenoxy) is 2. The Morgan fingerprint density at radius 1 is 1.29 bits per heavy atom. The molecule has 1 atom stereocenters. The average Bonchev–Trinajstić information content (AvgIpc) is 2.63. The van der Waals surface area contributed by atoms with Crippen molar-refractivity contribution in [3.8, 4) is 0 Å². The van der Waals surface area contributed by atoms with Crippen LogP contribution in [0.15, 0.2) is 57.0 Å². The van der Waals surface area contributed by atoms with Gasteiger partial charge in [-0.2, -0.15) is 0 Å². The summed E-state index contributed by atoms with van der Waals surface area (Å²) in [5.41, 5.74) is 0.558. The number of halogens is 1. The number of hydrogen-bond acceptors (Lipinski definition) is 5. The van der Waals surface area contributed by atoms with Crippen LogP contribution in [0.2, 0.25) is 0 Å². The van der Waals surface area contributed by atoms with Gasteiger partial charge >= 0.3 is 0 Å². The Morgan fingerprint density at radius 3 is 2.88 bits per heavy atom. The molecule has 1 saturated heterocycles. The first-order chi connectivity index (χ1) is 11.7. The molecular weight excluding hydrogens is 392 g/mol. The number of benzene rings is 1. The largest absolute Gasteiger partial charge is 0.376 e. The number of amides is 1. The minimum absolute atomic E-state index is 0.0954. The van der Waals surface area contributed by atoms with E-state index in [1.54, 1.807) is 18.3 Å². The van der Waals surface area contributed by atoms with E-state index in [0.717, 1.165) is 9.37 Å². The van der Waals surface area contributed by atoms with Crippen molar-refractivity contribution in [1.82, 2.24) is 10.3 Å². The topological polar surface area (TPSA) is 60.5 Å². The minimum atomic E-state index is -0.156. The van der Waals surface area contributed by atoms with Gasteiger partial charge in [-0.05, 0) is 36.4 Å². The molecule has 24 heavy (non-hydrogen) atoms. The van der Waals surface area contributed by atoms with Crippen LogP contribution in [0.5, 0.6) is 0 Å². The van der Waals surface area contributed by atoms with Crippen molar-refractivity contribution >= 4 is 33.6 Å². The van der Waals surface area contributed by atoms with Gasteiger partial charge in [0.1, 0.15) is 5.03 Å². The van der Waals surface area contributed by atoms with E-state index >= 15 is 0 Å². The second kappa shape index (κ2) is 8.62. The van der Waals surface area contributed by atoms with Gasteiger partial charge in [-0.3, -0.25) is 4.79 Å². The number of carbonyl (C=O) groups excluding carboxylic acids is 1. The molecule has 1 aliphatic heterocycles. The molecular formula is C17H17BrN2O3S. The SMILES string of the molecule is O=C(NCC1COCCO1)c1cccnc1Sc1ccc(Br)cc1. The summed E-state index contributed by atoms with van der Waals surface area (Å²) in [6.45, 7) is 2.11. The van der Waals surface area contributed by atoms with Gasteiger partial charge in [0.05, 0.1) is 31.5 Å². The van der Waals surface area contributed by atoms with E-state index in [1.807, 2.05) is 24.3 Å². The van der Waals surface area contributed by atoms with Crippen LogP contribution in [-0.4, -0.2) is 43.4 Å². The van der Waals surface area contributed by atoms with E-state index < -0.39 is 0 Å². The Hall–Kier alpha value is -1.41. The molecule has 5 nitrogen and oxygen atoms in total. The minimum Gasteiger partial charge on any atom is -0.376 e. The van der Waals surface area contributed by atoms with E-state index in [4.69, 9.17) is 9.47 Å². The summed E-state index contributed by atoms with van der Waals surface area (Å²) in [6, 6.07) is 11.4. The fourth-order valence-electron chi connectivity index (χ4n) is 2.22. The van der Waals surface area contributed by atoms with Crippen LogP contribution < -0.4 is 5.32 Å². The smallest absolute Gasteiger partial charge is 0.254 e. The Labute approximate surface area is 153 Å². The van der Waals surface area contributed by atoms with Crippen molar-refractivity contribution < 1.29 is 14.3 Å². The molecule has 1 aromatic carbocycles. The van der Waals surface area contributed by atoms with Crippen LogP contribution in [0.3, 0.4) is 0 Å². The number of carbonyl (C=O) groups is 1. The highest BCUT2D eigenvalue weighted by Crippen LogP contribution is 2.29. The van der Waals surface area contributed by atoms with Gasteiger partial charge in [-0.15, -0.1) is 0 Å². The maximum atomic E-state index is 12.5. The van der Waals surface area contributed by atoms with E-state index in [9.17, 15) is 4.79 Å². The molecule has 7 heteroatoms. The van der Waals surface area contributed by atoms with Gasteiger partial charge < -0.3 is 14.8 Å². The lowest BCUT2D eigenvalue weighted by Gasteiger charge is -2.23. The van der Waals surface area contributed by atoms with Gasteiger partial charge in [0.25, 0.3) is 5.91 Å². The first kappa shape index (κ1) is 17.4. The molecule has 1 fully saturated rings. The summed E-state index contributed by atoms with van der Waals surface area (Å²) in [4.78, 5) is 17.9. The van der Waals surface area contributed by atoms with Crippen molar-refractivity contribution in [3.05, 3.63) is 52.6 Å². The summed E-state index contributed by atoms with van der Waals surface area (Å²) in [7, 11) is 0. The number of pyridine rings is 1. The molecule has 1 aromatic heterocycles. The Balaban J connectivity index is 1.66. The summed E-state index contributed by atoms with van der Waals surface area (Å²) < 4.78 is 11.9. The standard InChI is InChI=1S/C17H17BrN2O3S/c18-12-3-5-14(6-4-12)24-17-15(2-1-7-19-17)16(21)20-10-13-11-22-8-9-23-13/h1-7,13H,8-11H2,(H,20,21). The molecule has 0 saturated carbocycles. The Morgan fingerprint density at radius 2 is 2.12 bits per heavy atom. The monoisotopic (exact) mass is 408 g/mol. The molecule has 1 unspecified atom stereocenters. The number of hydrogen-bond donors (Lipinski definition) is 1. The van der Waals surface area contributed by atoms with E-state index in [-0.39, 0.29) is 12.0 Å². The summed E-state index contributed by atoms with van der Waals surface area (Å²) >= 11 is 4.88. The maximum Gasteiger partial charge on any atom is 0.254 e. The fraction of sp³-hybridized carbons (Fsp3) is 0.294. The highest BCUT2D eigenvalue weighted by Gasteiger charge is 2.18. The third-order valence-electron chi connectivity index (χ3n) is 3.42. The molecule has 126 valence electrons. The number of nitrogens with zero attached hydrogens (tertiary/aromatic N) is 1. The van der Waals surface area contributed by atoms with Crippen molar-refractivity contribution in [3.63, 3.8) is 0 Å². The number of nitrogens with one attached hydrogen (secondary N) is 1. The van der Waals surface area contributed by atoms with E-state index in [2.05, 4.69) is 26.2 Å². The van der Waals surface area contributed by atoms with E-state index in [0.29, 0.717) is 37.0 Å².